The Kier molecular flexibility index (Phi) is 3.02. The zero-order valence-corrected chi connectivity index (χ0v) is 7.13. The van der Waals surface area contributed by atoms with Gasteiger partial charge in [-0.05, 0) is 13.3 Å². The Morgan fingerprint density at radius 3 is 2.91 bits per heavy atom. The van der Waals surface area contributed by atoms with Gasteiger partial charge in [-0.15, -0.1) is 0 Å². The monoisotopic (exact) mass is 156 g/mol. The van der Waals surface area contributed by atoms with Gasteiger partial charge in [0.1, 0.15) is 6.29 Å². The van der Waals surface area contributed by atoms with Crippen molar-refractivity contribution in [2.75, 3.05) is 6.54 Å². The van der Waals surface area contributed by atoms with Crippen molar-refractivity contribution in [3.05, 3.63) is 0 Å². The fourth-order valence-electron chi connectivity index (χ4n) is 1.49. The van der Waals surface area contributed by atoms with E-state index in [1.807, 2.05) is 0 Å². The maximum atomic E-state index is 10.6. The maximum Gasteiger partial charge on any atom is 0.138 e. The lowest BCUT2D eigenvalue weighted by Crippen LogP contribution is -2.60. The average molecular weight is 156 g/mol. The molecule has 64 valence electrons. The molecule has 3 nitrogen and oxygen atoms in total. The molecule has 0 radical (unpaired) electrons. The summed E-state index contributed by atoms with van der Waals surface area (Å²) in [5, 5.41) is 6.56. The molecular formula is C8H16N2O. The minimum absolute atomic E-state index is 0.00347. The second-order valence-corrected chi connectivity index (χ2v) is 3.15. The van der Waals surface area contributed by atoms with Crippen molar-refractivity contribution < 1.29 is 4.79 Å². The molecule has 11 heavy (non-hydrogen) atoms. The standard InChI is InChI=1S/C8H16N2O/c1-3-7-8(5-11)10-6(2)4-9-7/h5-10H,3-4H2,1-2H3. The highest BCUT2D eigenvalue weighted by Crippen LogP contribution is 2.03. The number of hydrogen-bond donors (Lipinski definition) is 2. The summed E-state index contributed by atoms with van der Waals surface area (Å²) in [7, 11) is 0. The molecule has 2 N–H and O–H groups in total. The van der Waals surface area contributed by atoms with Gasteiger partial charge in [-0.1, -0.05) is 6.92 Å². The van der Waals surface area contributed by atoms with E-state index in [4.69, 9.17) is 0 Å². The highest BCUT2D eigenvalue weighted by Gasteiger charge is 2.25. The molecule has 1 aliphatic heterocycles. The van der Waals surface area contributed by atoms with Crippen LogP contribution in [0.25, 0.3) is 0 Å². The van der Waals surface area contributed by atoms with Gasteiger partial charge >= 0.3 is 0 Å². The molecule has 0 bridgehead atoms. The van der Waals surface area contributed by atoms with Gasteiger partial charge in [0, 0.05) is 18.6 Å². The highest BCUT2D eigenvalue weighted by atomic mass is 16.1. The Morgan fingerprint density at radius 1 is 1.64 bits per heavy atom. The number of nitrogens with one attached hydrogen (secondary N) is 2. The van der Waals surface area contributed by atoms with Crippen molar-refractivity contribution in [1.82, 2.24) is 10.6 Å². The Labute approximate surface area is 67.5 Å². The summed E-state index contributed by atoms with van der Waals surface area (Å²) in [6.07, 6.45) is 2.00. The van der Waals surface area contributed by atoms with Crippen molar-refractivity contribution in [3.8, 4) is 0 Å². The Hall–Kier alpha value is -0.410. The maximum absolute atomic E-state index is 10.6. The molecular weight excluding hydrogens is 140 g/mol. The van der Waals surface area contributed by atoms with Crippen LogP contribution in [0, 0.1) is 0 Å². The van der Waals surface area contributed by atoms with Crippen molar-refractivity contribution in [2.24, 2.45) is 0 Å². The first-order valence-corrected chi connectivity index (χ1v) is 4.22. The first kappa shape index (κ1) is 8.68. The largest absolute Gasteiger partial charge is 0.310 e. The third kappa shape index (κ3) is 2.01. The van der Waals surface area contributed by atoms with Crippen LogP contribution >= 0.6 is 0 Å². The number of rotatable bonds is 2. The first-order chi connectivity index (χ1) is 5.27. The summed E-state index contributed by atoms with van der Waals surface area (Å²) >= 11 is 0. The highest BCUT2D eigenvalue weighted by molar-refractivity contribution is 5.59. The zero-order chi connectivity index (χ0) is 8.27. The third-order valence-corrected chi connectivity index (χ3v) is 2.18. The smallest absolute Gasteiger partial charge is 0.138 e. The van der Waals surface area contributed by atoms with E-state index in [1.165, 1.54) is 0 Å². The topological polar surface area (TPSA) is 41.1 Å². The van der Waals surface area contributed by atoms with E-state index in [1.54, 1.807) is 0 Å². The molecule has 0 amide bonds. The van der Waals surface area contributed by atoms with Crippen molar-refractivity contribution in [3.63, 3.8) is 0 Å². The van der Waals surface area contributed by atoms with Gasteiger partial charge in [-0.3, -0.25) is 0 Å². The van der Waals surface area contributed by atoms with Crippen molar-refractivity contribution in [1.29, 1.82) is 0 Å². The molecule has 1 heterocycles. The van der Waals surface area contributed by atoms with Crippen LogP contribution in [0.1, 0.15) is 20.3 Å². The summed E-state index contributed by atoms with van der Waals surface area (Å²) in [5.41, 5.74) is 0. The molecule has 3 unspecified atom stereocenters. The molecule has 0 saturated carbocycles. The molecule has 0 spiro atoms. The second-order valence-electron chi connectivity index (χ2n) is 3.15. The van der Waals surface area contributed by atoms with E-state index in [2.05, 4.69) is 24.5 Å². The Bertz CT molecular complexity index is 138. The minimum atomic E-state index is 0.00347. The van der Waals surface area contributed by atoms with Crippen LogP contribution < -0.4 is 10.6 Å². The summed E-state index contributed by atoms with van der Waals surface area (Å²) in [5.74, 6) is 0. The lowest BCUT2D eigenvalue weighted by Gasteiger charge is -2.33. The minimum Gasteiger partial charge on any atom is -0.310 e. The molecule has 3 atom stereocenters. The predicted molar refractivity (Wildman–Crippen MR) is 44.5 cm³/mol. The molecule has 1 rings (SSSR count). The van der Waals surface area contributed by atoms with Gasteiger partial charge in [-0.2, -0.15) is 0 Å². The normalized spacial score (nSPS) is 38.5. The van der Waals surface area contributed by atoms with Gasteiger partial charge in [0.15, 0.2) is 0 Å². The number of carbonyl (C=O) groups is 1. The summed E-state index contributed by atoms with van der Waals surface area (Å²) in [6.45, 7) is 5.13. The fraction of sp³-hybridized carbons (Fsp3) is 0.875. The lowest BCUT2D eigenvalue weighted by atomic mass is 10.0. The summed E-state index contributed by atoms with van der Waals surface area (Å²) in [4.78, 5) is 10.6. The molecule has 0 aliphatic carbocycles. The van der Waals surface area contributed by atoms with E-state index < -0.39 is 0 Å². The van der Waals surface area contributed by atoms with Gasteiger partial charge < -0.3 is 15.4 Å². The third-order valence-electron chi connectivity index (χ3n) is 2.18. The van der Waals surface area contributed by atoms with E-state index in [-0.39, 0.29) is 6.04 Å². The van der Waals surface area contributed by atoms with Crippen LogP contribution in [0.2, 0.25) is 0 Å². The Morgan fingerprint density at radius 2 is 2.36 bits per heavy atom. The number of aldehydes is 1. The number of piperazine rings is 1. The van der Waals surface area contributed by atoms with Crippen LogP contribution in [-0.4, -0.2) is 31.0 Å². The van der Waals surface area contributed by atoms with Crippen LogP contribution in [-0.2, 0) is 4.79 Å². The molecule has 0 aromatic carbocycles. The van der Waals surface area contributed by atoms with Gasteiger partial charge in [0.2, 0.25) is 0 Å². The van der Waals surface area contributed by atoms with Crippen LogP contribution in [0.5, 0.6) is 0 Å². The fourth-order valence-corrected chi connectivity index (χ4v) is 1.49. The first-order valence-electron chi connectivity index (χ1n) is 4.22. The predicted octanol–water partition coefficient (Wildman–Crippen LogP) is -0.0862. The van der Waals surface area contributed by atoms with E-state index in [0.29, 0.717) is 12.1 Å². The van der Waals surface area contributed by atoms with Gasteiger partial charge in [-0.25, -0.2) is 0 Å². The SMILES string of the molecule is CCC1NCC(C)NC1C=O. The Balaban J connectivity index is 2.47. The summed E-state index contributed by atoms with van der Waals surface area (Å²) < 4.78 is 0. The van der Waals surface area contributed by atoms with Crippen LogP contribution in [0.3, 0.4) is 0 Å². The molecule has 1 fully saturated rings. The molecule has 0 aromatic rings. The van der Waals surface area contributed by atoms with Gasteiger partial charge in [0.05, 0.1) is 6.04 Å². The molecule has 3 heteroatoms. The molecule has 1 aliphatic rings. The zero-order valence-electron chi connectivity index (χ0n) is 7.13. The molecule has 1 saturated heterocycles. The van der Waals surface area contributed by atoms with E-state index in [0.717, 1.165) is 19.3 Å². The van der Waals surface area contributed by atoms with Gasteiger partial charge in [0.25, 0.3) is 0 Å². The lowest BCUT2D eigenvalue weighted by molar-refractivity contribution is -0.110. The second kappa shape index (κ2) is 3.83. The van der Waals surface area contributed by atoms with Crippen LogP contribution in [0.15, 0.2) is 0 Å². The van der Waals surface area contributed by atoms with Crippen molar-refractivity contribution >= 4 is 6.29 Å². The quantitative estimate of drug-likeness (QED) is 0.549. The average Bonchev–Trinajstić information content (AvgIpc) is 2.04. The number of hydrogen-bond acceptors (Lipinski definition) is 3. The molecule has 0 aromatic heterocycles. The van der Waals surface area contributed by atoms with Crippen molar-refractivity contribution in [2.45, 2.75) is 38.4 Å². The summed E-state index contributed by atoms with van der Waals surface area (Å²) in [6, 6.07) is 0.737. The van der Waals surface area contributed by atoms with E-state index >= 15 is 0 Å². The number of carbonyl (C=O) groups excluding carboxylic acids is 1. The van der Waals surface area contributed by atoms with Crippen LogP contribution in [0.4, 0.5) is 0 Å². The van der Waals surface area contributed by atoms with E-state index in [9.17, 15) is 4.79 Å².